The quantitative estimate of drug-likeness (QED) is 0.177. The number of nitrogens with zero attached hydrogens (tertiary/aromatic N) is 1. The lowest BCUT2D eigenvalue weighted by molar-refractivity contribution is 0.332. The molecule has 1 N–H and O–H groups in total. The number of rotatable bonds is 4. The van der Waals surface area contributed by atoms with E-state index in [9.17, 15) is 0 Å². The van der Waals surface area contributed by atoms with Crippen molar-refractivity contribution in [3.05, 3.63) is 147 Å². The van der Waals surface area contributed by atoms with Crippen molar-refractivity contribution in [1.82, 2.24) is 0 Å². The normalized spacial score (nSPS) is 21.0. The zero-order valence-electron chi connectivity index (χ0n) is 43.6. The standard InChI is InChI=1S/C64H75BN2/c1-38-32-43(41-22-25-47-55(42-18-16-17-19-44(42)64(47,14)15)57(41)66-39-20-23-45-48(34-39)60(6,7)28-26-58(45,2)3)56-54(33-38)67(40-21-24-46-49(35-40)61(8,9)29-27-59(46,4)5)53-37-51-50(36-52(53)65-56)62(10,11)30-31-63(51,12)13/h16-25,32-37,65-66H,26-31H2,1-15H3. The van der Waals surface area contributed by atoms with Gasteiger partial charge in [-0.1, -0.05) is 163 Å². The maximum Gasteiger partial charge on any atom is 0.198 e. The molecule has 6 aromatic carbocycles. The highest BCUT2D eigenvalue weighted by atomic mass is 15.2. The van der Waals surface area contributed by atoms with Crippen molar-refractivity contribution >= 4 is 46.6 Å². The van der Waals surface area contributed by atoms with Crippen LogP contribution < -0.4 is 21.1 Å². The fraction of sp³-hybridized carbons (Fsp3) is 0.438. The number of nitrogens with one attached hydrogen (secondary N) is 1. The minimum Gasteiger partial charge on any atom is -0.354 e. The molecule has 0 unspecified atom stereocenters. The largest absolute Gasteiger partial charge is 0.354 e. The zero-order valence-corrected chi connectivity index (χ0v) is 43.6. The van der Waals surface area contributed by atoms with Gasteiger partial charge in [-0.05, 0) is 181 Å². The average Bonchev–Trinajstić information content (AvgIpc) is 3.50. The first-order valence-electron chi connectivity index (χ1n) is 25.8. The van der Waals surface area contributed by atoms with E-state index in [4.69, 9.17) is 0 Å². The van der Waals surface area contributed by atoms with Gasteiger partial charge in [-0.15, -0.1) is 0 Å². The van der Waals surface area contributed by atoms with E-state index < -0.39 is 0 Å². The van der Waals surface area contributed by atoms with E-state index in [1.54, 1.807) is 0 Å². The van der Waals surface area contributed by atoms with E-state index in [1.807, 2.05) is 0 Å². The Balaban J connectivity index is 1.18. The van der Waals surface area contributed by atoms with Crippen LogP contribution in [0.2, 0.25) is 0 Å². The Hall–Kier alpha value is -5.02. The average molecular weight is 883 g/mol. The van der Waals surface area contributed by atoms with Crippen molar-refractivity contribution in [2.45, 2.75) is 180 Å². The van der Waals surface area contributed by atoms with Crippen LogP contribution >= 0.6 is 0 Å². The van der Waals surface area contributed by atoms with Gasteiger partial charge in [0, 0.05) is 39.3 Å². The summed E-state index contributed by atoms with van der Waals surface area (Å²) < 4.78 is 0. The highest BCUT2D eigenvalue weighted by Gasteiger charge is 2.43. The maximum absolute atomic E-state index is 4.25. The van der Waals surface area contributed by atoms with E-state index in [1.165, 1.54) is 150 Å². The molecule has 6 aromatic rings. The van der Waals surface area contributed by atoms with Gasteiger partial charge in [0.2, 0.25) is 0 Å². The summed E-state index contributed by atoms with van der Waals surface area (Å²) in [6.45, 7) is 36.7. The molecule has 0 fully saturated rings. The second-order valence-electron chi connectivity index (χ2n) is 26.3. The van der Waals surface area contributed by atoms with Crippen molar-refractivity contribution in [3.63, 3.8) is 0 Å². The maximum atomic E-state index is 4.25. The molecule has 0 radical (unpaired) electrons. The Morgan fingerprint density at radius 2 is 0.955 bits per heavy atom. The summed E-state index contributed by atoms with van der Waals surface area (Å²) >= 11 is 0. The van der Waals surface area contributed by atoms with Gasteiger partial charge in [-0.25, -0.2) is 0 Å². The molecule has 0 spiro atoms. The van der Waals surface area contributed by atoms with E-state index in [-0.39, 0.29) is 37.9 Å². The minimum absolute atomic E-state index is 0.0959. The third-order valence-electron chi connectivity index (χ3n) is 18.5. The number of benzene rings is 6. The van der Waals surface area contributed by atoms with Gasteiger partial charge in [0.05, 0.1) is 5.69 Å². The Morgan fingerprint density at radius 3 is 1.58 bits per heavy atom. The van der Waals surface area contributed by atoms with Crippen LogP contribution in [0.15, 0.2) is 97.1 Å². The Kier molecular flexibility index (Phi) is 9.48. The van der Waals surface area contributed by atoms with Crippen molar-refractivity contribution in [3.8, 4) is 22.3 Å². The molecule has 5 aliphatic rings. The van der Waals surface area contributed by atoms with Crippen LogP contribution in [0.1, 0.15) is 186 Å². The zero-order chi connectivity index (χ0) is 47.6. The van der Waals surface area contributed by atoms with Crippen LogP contribution in [0.4, 0.5) is 28.4 Å². The van der Waals surface area contributed by atoms with Crippen LogP contribution in [0.3, 0.4) is 0 Å². The lowest BCUT2D eigenvalue weighted by atomic mass is 9.55. The van der Waals surface area contributed by atoms with Gasteiger partial charge in [0.1, 0.15) is 0 Å². The molecule has 1 aliphatic heterocycles. The summed E-state index contributed by atoms with van der Waals surface area (Å²) in [6, 6.07) is 39.2. The van der Waals surface area contributed by atoms with Crippen molar-refractivity contribution in [2.75, 3.05) is 10.2 Å². The molecule has 0 amide bonds. The Labute approximate surface area is 404 Å². The fourth-order valence-electron chi connectivity index (χ4n) is 13.7. The van der Waals surface area contributed by atoms with Gasteiger partial charge in [0.25, 0.3) is 0 Å². The number of anilines is 5. The molecule has 0 atom stereocenters. The predicted molar refractivity (Wildman–Crippen MR) is 291 cm³/mol. The van der Waals surface area contributed by atoms with Gasteiger partial charge < -0.3 is 10.2 Å². The number of aryl methyl sites for hydroxylation is 1. The molecule has 1 heterocycles. The lowest BCUT2D eigenvalue weighted by Crippen LogP contribution is -2.44. The topological polar surface area (TPSA) is 15.3 Å². The van der Waals surface area contributed by atoms with E-state index in [2.05, 4.69) is 211 Å². The Morgan fingerprint density at radius 1 is 0.433 bits per heavy atom. The summed E-state index contributed by atoms with van der Waals surface area (Å²) in [5, 5.41) is 4.25. The van der Waals surface area contributed by atoms with Gasteiger partial charge in [-0.3, -0.25) is 0 Å². The molecular weight excluding hydrogens is 808 g/mol. The third kappa shape index (κ3) is 6.70. The summed E-state index contributed by atoms with van der Waals surface area (Å²) in [4.78, 5) is 2.69. The van der Waals surface area contributed by atoms with Crippen LogP contribution in [-0.2, 0) is 37.9 Å². The van der Waals surface area contributed by atoms with E-state index in [0.29, 0.717) is 0 Å². The number of fused-ring (bicyclic) bond motifs is 8. The van der Waals surface area contributed by atoms with Crippen molar-refractivity contribution in [2.24, 2.45) is 0 Å². The van der Waals surface area contributed by atoms with Crippen LogP contribution in [0.25, 0.3) is 22.3 Å². The van der Waals surface area contributed by atoms with Crippen LogP contribution in [0, 0.1) is 6.92 Å². The second-order valence-corrected chi connectivity index (χ2v) is 26.3. The smallest absolute Gasteiger partial charge is 0.198 e. The highest BCUT2D eigenvalue weighted by molar-refractivity contribution is 6.73. The molecule has 3 heteroatoms. The van der Waals surface area contributed by atoms with E-state index >= 15 is 0 Å². The van der Waals surface area contributed by atoms with Gasteiger partial charge in [-0.2, -0.15) is 0 Å². The SMILES string of the molecule is Cc1cc(-c2ccc3c(c2Nc2ccc4c(c2)C(C)(C)CCC4(C)C)-c2ccccc2C3(C)C)c2c(c1)N(c1ccc3c(c1)C(C)(C)CCC3(C)C)c1cc3c(cc1B2)C(C)(C)CCC3(C)C. The molecule has 344 valence electrons. The molecule has 67 heavy (non-hydrogen) atoms. The summed E-state index contributed by atoms with van der Waals surface area (Å²) in [7, 11) is 0.880. The summed E-state index contributed by atoms with van der Waals surface area (Å²) in [5.41, 5.74) is 28.2. The molecule has 0 bridgehead atoms. The van der Waals surface area contributed by atoms with E-state index in [0.717, 1.165) is 7.28 Å². The predicted octanol–water partition coefficient (Wildman–Crippen LogP) is 15.9. The monoisotopic (exact) mass is 883 g/mol. The molecule has 2 nitrogen and oxygen atoms in total. The molecule has 0 aromatic heterocycles. The van der Waals surface area contributed by atoms with Crippen molar-refractivity contribution in [1.29, 1.82) is 0 Å². The van der Waals surface area contributed by atoms with Gasteiger partial charge in [0.15, 0.2) is 7.28 Å². The number of hydrogen-bond donors (Lipinski definition) is 1. The third-order valence-corrected chi connectivity index (χ3v) is 18.5. The fourth-order valence-corrected chi connectivity index (χ4v) is 13.7. The summed E-state index contributed by atoms with van der Waals surface area (Å²) in [6.07, 6.45) is 7.19. The van der Waals surface area contributed by atoms with Crippen LogP contribution in [0.5, 0.6) is 0 Å². The first-order chi connectivity index (χ1) is 31.3. The first-order valence-corrected chi connectivity index (χ1v) is 25.8. The Bertz CT molecular complexity index is 3080. The molecule has 0 saturated heterocycles. The van der Waals surface area contributed by atoms with Gasteiger partial charge >= 0.3 is 0 Å². The minimum atomic E-state index is -0.126. The molecule has 0 saturated carbocycles. The van der Waals surface area contributed by atoms with Crippen molar-refractivity contribution < 1.29 is 0 Å². The van der Waals surface area contributed by atoms with Crippen LogP contribution in [-0.4, -0.2) is 7.28 Å². The number of hydrogen-bond acceptors (Lipinski definition) is 2. The lowest BCUT2D eigenvalue weighted by Gasteiger charge is -2.45. The highest BCUT2D eigenvalue weighted by Crippen LogP contribution is 2.56. The molecular formula is C64H75BN2. The second kappa shape index (κ2) is 14.3. The molecule has 4 aliphatic carbocycles. The molecule has 11 rings (SSSR count). The summed E-state index contributed by atoms with van der Waals surface area (Å²) in [5.74, 6) is 0. The first kappa shape index (κ1) is 44.5.